The fraction of sp³-hybridized carbons (Fsp3) is 0.0417. The summed E-state index contributed by atoms with van der Waals surface area (Å²) in [5, 5.41) is 2.99. The first-order valence-electron chi connectivity index (χ1n) is 9.48. The second-order valence-electron chi connectivity index (χ2n) is 6.54. The van der Waals surface area contributed by atoms with Crippen LogP contribution in [0.15, 0.2) is 91.0 Å². The van der Waals surface area contributed by atoms with Gasteiger partial charge in [-0.3, -0.25) is 25.8 Å². The van der Waals surface area contributed by atoms with Gasteiger partial charge in [0, 0.05) is 11.1 Å². The molecule has 3 rings (SSSR count). The number of nitrogens with one attached hydrogen (secondary N) is 3. The summed E-state index contributed by atoms with van der Waals surface area (Å²) in [5.74, 6) is -1.29. The van der Waals surface area contributed by atoms with Crippen LogP contribution in [0.5, 0.6) is 0 Å². The van der Waals surface area contributed by atoms with E-state index in [0.29, 0.717) is 10.6 Å². The van der Waals surface area contributed by atoms with Gasteiger partial charge in [-0.15, -0.1) is 0 Å². The van der Waals surface area contributed by atoms with Crippen LogP contribution in [0, 0.1) is 0 Å². The zero-order chi connectivity index (χ0) is 22.1. The Labute approximate surface area is 191 Å². The van der Waals surface area contributed by atoms with Crippen molar-refractivity contribution in [3.8, 4) is 0 Å². The zero-order valence-electron chi connectivity index (χ0n) is 16.4. The molecule has 0 aliphatic rings. The SMILES string of the molecule is O=C(C=Cc1ccccc1Cl)NC(=S)NNC(=O)C(c1ccccc1)c1ccccc1. The van der Waals surface area contributed by atoms with Gasteiger partial charge in [0.05, 0.1) is 5.92 Å². The molecule has 7 heteroatoms. The van der Waals surface area contributed by atoms with Crippen LogP contribution >= 0.6 is 23.8 Å². The van der Waals surface area contributed by atoms with Crippen molar-refractivity contribution in [3.63, 3.8) is 0 Å². The number of hydrazine groups is 1. The van der Waals surface area contributed by atoms with Crippen LogP contribution in [-0.4, -0.2) is 16.9 Å². The normalized spacial score (nSPS) is 10.6. The van der Waals surface area contributed by atoms with E-state index in [4.69, 9.17) is 23.8 Å². The lowest BCUT2D eigenvalue weighted by Crippen LogP contribution is -2.49. The Kier molecular flexibility index (Phi) is 7.92. The number of carbonyl (C=O) groups is 2. The molecule has 31 heavy (non-hydrogen) atoms. The number of carbonyl (C=O) groups excluding carboxylic acids is 2. The minimum absolute atomic E-state index is 0.0259. The van der Waals surface area contributed by atoms with Gasteiger partial charge in [-0.05, 0) is 41.1 Å². The molecule has 0 saturated carbocycles. The Balaban J connectivity index is 1.60. The summed E-state index contributed by atoms with van der Waals surface area (Å²) < 4.78 is 0. The van der Waals surface area contributed by atoms with Crippen molar-refractivity contribution >= 4 is 46.8 Å². The van der Waals surface area contributed by atoms with E-state index < -0.39 is 11.8 Å². The number of halogens is 1. The molecule has 3 N–H and O–H groups in total. The van der Waals surface area contributed by atoms with Gasteiger partial charge in [-0.2, -0.15) is 0 Å². The molecule has 0 spiro atoms. The fourth-order valence-electron chi connectivity index (χ4n) is 2.94. The summed E-state index contributed by atoms with van der Waals surface area (Å²) >= 11 is 11.2. The average Bonchev–Trinajstić information content (AvgIpc) is 2.79. The highest BCUT2D eigenvalue weighted by atomic mass is 35.5. The molecular weight excluding hydrogens is 430 g/mol. The Morgan fingerprint density at radius 3 is 1.94 bits per heavy atom. The maximum atomic E-state index is 12.9. The van der Waals surface area contributed by atoms with Crippen molar-refractivity contribution in [2.24, 2.45) is 0 Å². The number of thiocarbonyl (C=S) groups is 1. The van der Waals surface area contributed by atoms with Crippen LogP contribution in [0.25, 0.3) is 6.08 Å². The van der Waals surface area contributed by atoms with E-state index in [2.05, 4.69) is 16.2 Å². The van der Waals surface area contributed by atoms with E-state index >= 15 is 0 Å². The number of benzene rings is 3. The minimum atomic E-state index is -0.534. The lowest BCUT2D eigenvalue weighted by molar-refractivity contribution is -0.122. The van der Waals surface area contributed by atoms with E-state index in [-0.39, 0.29) is 11.0 Å². The van der Waals surface area contributed by atoms with Crippen LogP contribution in [0.2, 0.25) is 5.02 Å². The highest BCUT2D eigenvalue weighted by Crippen LogP contribution is 2.24. The van der Waals surface area contributed by atoms with E-state index in [0.717, 1.165) is 11.1 Å². The first-order valence-corrected chi connectivity index (χ1v) is 10.3. The van der Waals surface area contributed by atoms with Gasteiger partial charge in [0.15, 0.2) is 5.11 Å². The third-order valence-corrected chi connectivity index (χ3v) is 4.93. The highest BCUT2D eigenvalue weighted by molar-refractivity contribution is 7.80. The zero-order valence-corrected chi connectivity index (χ0v) is 18.0. The van der Waals surface area contributed by atoms with Gasteiger partial charge in [-0.25, -0.2) is 0 Å². The van der Waals surface area contributed by atoms with Gasteiger partial charge in [0.2, 0.25) is 11.8 Å². The quantitative estimate of drug-likeness (QED) is 0.310. The Morgan fingerprint density at radius 2 is 1.35 bits per heavy atom. The smallest absolute Gasteiger partial charge is 0.250 e. The lowest BCUT2D eigenvalue weighted by atomic mass is 9.91. The van der Waals surface area contributed by atoms with Gasteiger partial charge < -0.3 is 0 Å². The third-order valence-electron chi connectivity index (χ3n) is 4.38. The summed E-state index contributed by atoms with van der Waals surface area (Å²) in [4.78, 5) is 25.0. The van der Waals surface area contributed by atoms with Crippen LogP contribution in [0.3, 0.4) is 0 Å². The van der Waals surface area contributed by atoms with Gasteiger partial charge >= 0.3 is 0 Å². The summed E-state index contributed by atoms with van der Waals surface area (Å²) in [6, 6.07) is 26.0. The number of rotatable bonds is 5. The van der Waals surface area contributed by atoms with E-state index in [9.17, 15) is 9.59 Å². The largest absolute Gasteiger partial charge is 0.298 e. The number of amides is 2. The first-order chi connectivity index (χ1) is 15.0. The summed E-state index contributed by atoms with van der Waals surface area (Å²) in [6.07, 6.45) is 2.90. The second-order valence-corrected chi connectivity index (χ2v) is 7.36. The first kappa shape index (κ1) is 22.2. The topological polar surface area (TPSA) is 70.2 Å². The molecule has 0 aliphatic heterocycles. The molecule has 2 amide bonds. The molecular formula is C24H20ClN3O2S. The molecule has 5 nitrogen and oxygen atoms in total. The molecule has 0 fully saturated rings. The monoisotopic (exact) mass is 449 g/mol. The maximum Gasteiger partial charge on any atom is 0.250 e. The van der Waals surface area contributed by atoms with Crippen LogP contribution < -0.4 is 16.2 Å². The molecule has 0 aliphatic carbocycles. The predicted molar refractivity (Wildman–Crippen MR) is 127 cm³/mol. The van der Waals surface area contributed by atoms with Crippen molar-refractivity contribution in [1.82, 2.24) is 16.2 Å². The highest BCUT2D eigenvalue weighted by Gasteiger charge is 2.22. The second kappa shape index (κ2) is 11.1. The summed E-state index contributed by atoms with van der Waals surface area (Å²) in [7, 11) is 0. The van der Waals surface area contributed by atoms with Crippen molar-refractivity contribution in [1.29, 1.82) is 0 Å². The van der Waals surface area contributed by atoms with E-state index in [1.165, 1.54) is 6.08 Å². The van der Waals surface area contributed by atoms with Gasteiger partial charge in [-0.1, -0.05) is 90.5 Å². The molecule has 0 aromatic heterocycles. The van der Waals surface area contributed by atoms with Crippen molar-refractivity contribution < 1.29 is 9.59 Å². The molecule has 0 heterocycles. The van der Waals surface area contributed by atoms with Gasteiger partial charge in [0.1, 0.15) is 0 Å². The number of hydrogen-bond acceptors (Lipinski definition) is 3. The maximum absolute atomic E-state index is 12.9. The van der Waals surface area contributed by atoms with Crippen LogP contribution in [0.1, 0.15) is 22.6 Å². The standard InChI is InChI=1S/C24H20ClN3O2S/c25-20-14-8-7-9-17(20)15-16-21(29)26-24(31)28-27-23(30)22(18-10-3-1-4-11-18)19-12-5-2-6-13-19/h1-16,22H,(H,27,30)(H2,26,28,29,31). The summed E-state index contributed by atoms with van der Waals surface area (Å²) in [5.41, 5.74) is 7.55. The van der Waals surface area contributed by atoms with Crippen LogP contribution in [-0.2, 0) is 9.59 Å². The Morgan fingerprint density at radius 1 is 0.806 bits per heavy atom. The van der Waals surface area contributed by atoms with E-state index in [1.54, 1.807) is 24.3 Å². The molecule has 3 aromatic rings. The predicted octanol–water partition coefficient (Wildman–Crippen LogP) is 4.21. The van der Waals surface area contributed by atoms with Crippen molar-refractivity contribution in [3.05, 3.63) is 113 Å². The van der Waals surface area contributed by atoms with Crippen molar-refractivity contribution in [2.75, 3.05) is 0 Å². The van der Waals surface area contributed by atoms with Gasteiger partial charge in [0.25, 0.3) is 0 Å². The van der Waals surface area contributed by atoms with Crippen molar-refractivity contribution in [2.45, 2.75) is 5.92 Å². The molecule has 0 bridgehead atoms. The molecule has 156 valence electrons. The molecule has 0 radical (unpaired) electrons. The molecule has 0 atom stereocenters. The van der Waals surface area contributed by atoms with Crippen LogP contribution in [0.4, 0.5) is 0 Å². The number of hydrogen-bond donors (Lipinski definition) is 3. The molecule has 0 saturated heterocycles. The Bertz CT molecular complexity index is 1050. The lowest BCUT2D eigenvalue weighted by Gasteiger charge is -2.18. The fourth-order valence-corrected chi connectivity index (χ4v) is 3.29. The minimum Gasteiger partial charge on any atom is -0.298 e. The molecule has 3 aromatic carbocycles. The summed E-state index contributed by atoms with van der Waals surface area (Å²) in [6.45, 7) is 0. The third kappa shape index (κ3) is 6.50. The average molecular weight is 450 g/mol. The Hall–Kier alpha value is -3.48. The molecule has 0 unspecified atom stereocenters. The van der Waals surface area contributed by atoms with E-state index in [1.807, 2.05) is 66.7 Å².